The Balaban J connectivity index is 3.02. The molecule has 0 aromatic heterocycles. The molecule has 2 atom stereocenters. The van der Waals surface area contributed by atoms with Crippen molar-refractivity contribution in [2.24, 2.45) is 0 Å². The summed E-state index contributed by atoms with van der Waals surface area (Å²) in [5.41, 5.74) is 1.84. The molecule has 2 unspecified atom stereocenters. The smallest absolute Gasteiger partial charge is 0.106 e. The van der Waals surface area contributed by atoms with Crippen molar-refractivity contribution in [2.75, 3.05) is 5.88 Å². The van der Waals surface area contributed by atoms with E-state index in [0.29, 0.717) is 11.1 Å². The van der Waals surface area contributed by atoms with Crippen molar-refractivity contribution < 1.29 is 10.2 Å². The normalized spacial score (nSPS) is 14.3. The van der Waals surface area contributed by atoms with E-state index < -0.39 is 12.2 Å². The van der Waals surface area contributed by atoms with Gasteiger partial charge in [-0.2, -0.15) is 5.26 Å². The first-order valence-electron chi connectivity index (χ1n) is 4.53. The molecule has 0 amide bonds. The lowest BCUT2D eigenvalue weighted by atomic mass is 10.00. The molecule has 1 rings (SSSR count). The van der Waals surface area contributed by atoms with Gasteiger partial charge in [-0.1, -0.05) is 12.1 Å². The first-order valence-corrected chi connectivity index (χ1v) is 5.06. The van der Waals surface area contributed by atoms with E-state index in [-0.39, 0.29) is 5.88 Å². The summed E-state index contributed by atoms with van der Waals surface area (Å²) in [7, 11) is 0. The quantitative estimate of drug-likeness (QED) is 0.767. The molecule has 15 heavy (non-hydrogen) atoms. The molecule has 1 aromatic carbocycles. The molecule has 0 saturated carbocycles. The zero-order valence-electron chi connectivity index (χ0n) is 8.31. The molecule has 80 valence electrons. The number of hydrogen-bond donors (Lipinski definition) is 2. The molecule has 0 spiro atoms. The summed E-state index contributed by atoms with van der Waals surface area (Å²) in [6.45, 7) is 1.81. The molecule has 0 fully saturated rings. The summed E-state index contributed by atoms with van der Waals surface area (Å²) in [5.74, 6) is -0.0447. The summed E-state index contributed by atoms with van der Waals surface area (Å²) in [6, 6.07) is 7.00. The number of aliphatic hydroxyl groups is 2. The molecule has 0 saturated heterocycles. The van der Waals surface area contributed by atoms with E-state index in [1.807, 2.05) is 13.0 Å². The molecule has 0 aliphatic heterocycles. The second-order valence-corrected chi connectivity index (χ2v) is 3.66. The van der Waals surface area contributed by atoms with Crippen LogP contribution in [-0.2, 0) is 0 Å². The van der Waals surface area contributed by atoms with Crippen molar-refractivity contribution in [1.82, 2.24) is 0 Å². The first-order chi connectivity index (χ1) is 7.10. The van der Waals surface area contributed by atoms with Crippen molar-refractivity contribution >= 4 is 11.6 Å². The fourth-order valence-electron chi connectivity index (χ4n) is 1.25. The lowest BCUT2D eigenvalue weighted by Gasteiger charge is -2.16. The molecule has 0 heterocycles. The lowest BCUT2D eigenvalue weighted by Crippen LogP contribution is -2.19. The third-order valence-corrected chi connectivity index (χ3v) is 2.56. The van der Waals surface area contributed by atoms with Gasteiger partial charge >= 0.3 is 0 Å². The standard InChI is InChI=1S/C11H12ClNO2/c1-7-2-3-8(4-9(7)6-13)11(15)10(14)5-12/h2-4,10-11,14-15H,5H2,1H3. The Morgan fingerprint density at radius 1 is 1.47 bits per heavy atom. The van der Waals surface area contributed by atoms with Crippen LogP contribution in [0.1, 0.15) is 22.8 Å². The number of nitriles is 1. The molecule has 0 bridgehead atoms. The Morgan fingerprint density at radius 2 is 2.13 bits per heavy atom. The molecule has 0 aliphatic carbocycles. The fourth-order valence-corrected chi connectivity index (χ4v) is 1.42. The van der Waals surface area contributed by atoms with Crippen LogP contribution in [0.3, 0.4) is 0 Å². The van der Waals surface area contributed by atoms with Crippen LogP contribution in [-0.4, -0.2) is 22.2 Å². The SMILES string of the molecule is Cc1ccc(C(O)C(O)CCl)cc1C#N. The lowest BCUT2D eigenvalue weighted by molar-refractivity contribution is 0.0327. The molecular formula is C11H12ClNO2. The average Bonchev–Trinajstić information content (AvgIpc) is 2.27. The van der Waals surface area contributed by atoms with Crippen LogP contribution in [0.4, 0.5) is 0 Å². The van der Waals surface area contributed by atoms with Crippen LogP contribution in [0, 0.1) is 18.3 Å². The van der Waals surface area contributed by atoms with E-state index in [0.717, 1.165) is 5.56 Å². The fraction of sp³-hybridized carbons (Fsp3) is 0.364. The number of halogens is 1. The van der Waals surface area contributed by atoms with Crippen molar-refractivity contribution in [3.05, 3.63) is 34.9 Å². The minimum Gasteiger partial charge on any atom is -0.389 e. The first kappa shape index (κ1) is 12.0. The van der Waals surface area contributed by atoms with Gasteiger partial charge in [0.25, 0.3) is 0 Å². The topological polar surface area (TPSA) is 64.2 Å². The molecule has 3 nitrogen and oxygen atoms in total. The Bertz CT molecular complexity index is 387. The third kappa shape index (κ3) is 2.69. The maximum atomic E-state index is 9.66. The van der Waals surface area contributed by atoms with Crippen LogP contribution in [0.2, 0.25) is 0 Å². The molecule has 2 N–H and O–H groups in total. The highest BCUT2D eigenvalue weighted by Crippen LogP contribution is 2.20. The van der Waals surface area contributed by atoms with Gasteiger partial charge in [0, 0.05) is 0 Å². The monoisotopic (exact) mass is 225 g/mol. The molecule has 1 aromatic rings. The number of aryl methyl sites for hydroxylation is 1. The van der Waals surface area contributed by atoms with Crippen LogP contribution < -0.4 is 0 Å². The zero-order chi connectivity index (χ0) is 11.4. The molecule has 0 aliphatic rings. The molecular weight excluding hydrogens is 214 g/mol. The second-order valence-electron chi connectivity index (χ2n) is 3.35. The van der Waals surface area contributed by atoms with Crippen LogP contribution >= 0.6 is 11.6 Å². The predicted molar refractivity (Wildman–Crippen MR) is 57.6 cm³/mol. The van der Waals surface area contributed by atoms with Gasteiger partial charge in [0.15, 0.2) is 0 Å². The van der Waals surface area contributed by atoms with Gasteiger partial charge in [0.1, 0.15) is 6.10 Å². The van der Waals surface area contributed by atoms with Gasteiger partial charge in [-0.15, -0.1) is 11.6 Å². The number of hydrogen-bond acceptors (Lipinski definition) is 3. The maximum Gasteiger partial charge on any atom is 0.106 e. The largest absolute Gasteiger partial charge is 0.389 e. The van der Waals surface area contributed by atoms with E-state index in [2.05, 4.69) is 0 Å². The second kappa shape index (κ2) is 5.13. The Hall–Kier alpha value is -1.08. The summed E-state index contributed by atoms with van der Waals surface area (Å²) in [6.07, 6.45) is -2.06. The number of aliphatic hydroxyl groups excluding tert-OH is 2. The van der Waals surface area contributed by atoms with E-state index in [1.54, 1.807) is 18.2 Å². The highest BCUT2D eigenvalue weighted by molar-refractivity contribution is 6.18. The number of nitrogens with zero attached hydrogens (tertiary/aromatic N) is 1. The zero-order valence-corrected chi connectivity index (χ0v) is 9.07. The van der Waals surface area contributed by atoms with E-state index in [4.69, 9.17) is 16.9 Å². The Kier molecular flexibility index (Phi) is 4.10. The average molecular weight is 226 g/mol. The third-order valence-electron chi connectivity index (χ3n) is 2.25. The van der Waals surface area contributed by atoms with E-state index in [1.165, 1.54) is 0 Å². The Morgan fingerprint density at radius 3 is 2.67 bits per heavy atom. The van der Waals surface area contributed by atoms with Gasteiger partial charge in [-0.3, -0.25) is 0 Å². The summed E-state index contributed by atoms with van der Waals surface area (Å²) < 4.78 is 0. The van der Waals surface area contributed by atoms with E-state index in [9.17, 15) is 10.2 Å². The van der Waals surface area contributed by atoms with Gasteiger partial charge in [0.05, 0.1) is 23.6 Å². The molecule has 4 heteroatoms. The number of rotatable bonds is 3. The van der Waals surface area contributed by atoms with Crippen LogP contribution in [0.15, 0.2) is 18.2 Å². The summed E-state index contributed by atoms with van der Waals surface area (Å²) >= 11 is 5.43. The van der Waals surface area contributed by atoms with Crippen molar-refractivity contribution in [3.63, 3.8) is 0 Å². The van der Waals surface area contributed by atoms with Crippen LogP contribution in [0.5, 0.6) is 0 Å². The minimum absolute atomic E-state index is 0.0447. The summed E-state index contributed by atoms with van der Waals surface area (Å²) in [4.78, 5) is 0. The maximum absolute atomic E-state index is 9.66. The number of benzene rings is 1. The minimum atomic E-state index is -1.05. The highest BCUT2D eigenvalue weighted by Gasteiger charge is 2.17. The van der Waals surface area contributed by atoms with Gasteiger partial charge in [-0.25, -0.2) is 0 Å². The number of alkyl halides is 1. The highest BCUT2D eigenvalue weighted by atomic mass is 35.5. The van der Waals surface area contributed by atoms with Crippen molar-refractivity contribution in [2.45, 2.75) is 19.1 Å². The molecule has 0 radical (unpaired) electrons. The van der Waals surface area contributed by atoms with Crippen molar-refractivity contribution in [1.29, 1.82) is 5.26 Å². The van der Waals surface area contributed by atoms with Gasteiger partial charge in [0.2, 0.25) is 0 Å². The Labute approximate surface area is 93.5 Å². The van der Waals surface area contributed by atoms with Crippen LogP contribution in [0.25, 0.3) is 0 Å². The van der Waals surface area contributed by atoms with E-state index >= 15 is 0 Å². The summed E-state index contributed by atoms with van der Waals surface area (Å²) in [5, 5.41) is 27.8. The van der Waals surface area contributed by atoms with Crippen molar-refractivity contribution in [3.8, 4) is 6.07 Å². The predicted octanol–water partition coefficient (Wildman–Crippen LogP) is 1.50. The van der Waals surface area contributed by atoms with Gasteiger partial charge < -0.3 is 10.2 Å². The van der Waals surface area contributed by atoms with Gasteiger partial charge in [-0.05, 0) is 24.1 Å².